The van der Waals surface area contributed by atoms with E-state index in [-0.39, 0.29) is 5.41 Å². The minimum absolute atomic E-state index is 0.239. The van der Waals surface area contributed by atoms with Gasteiger partial charge in [0.15, 0.2) is 0 Å². The van der Waals surface area contributed by atoms with Gasteiger partial charge in [-0.1, -0.05) is 57.2 Å². The van der Waals surface area contributed by atoms with E-state index >= 15 is 0 Å². The standard InChI is InChI=1S/C18H27N/c1-14(19-17-8-6-5-7-9-17)15-10-12-16(13-11-15)18(2,3)4/h5-6,10-14,17,19H,7-9H2,1-4H3. The van der Waals surface area contributed by atoms with Crippen LogP contribution in [0.5, 0.6) is 0 Å². The summed E-state index contributed by atoms with van der Waals surface area (Å²) in [5.41, 5.74) is 3.04. The number of benzene rings is 1. The van der Waals surface area contributed by atoms with Gasteiger partial charge >= 0.3 is 0 Å². The first-order chi connectivity index (χ1) is 8.97. The Kier molecular flexibility index (Phi) is 4.46. The van der Waals surface area contributed by atoms with Crippen LogP contribution in [-0.2, 0) is 5.41 Å². The Hall–Kier alpha value is -1.08. The highest BCUT2D eigenvalue weighted by molar-refractivity contribution is 5.29. The second-order valence-corrected chi connectivity index (χ2v) is 6.74. The van der Waals surface area contributed by atoms with Crippen molar-refractivity contribution < 1.29 is 0 Å². The first kappa shape index (κ1) is 14.3. The Bertz CT molecular complexity index is 422. The van der Waals surface area contributed by atoms with Crippen LogP contribution in [0.4, 0.5) is 0 Å². The molecule has 1 aromatic carbocycles. The van der Waals surface area contributed by atoms with Gasteiger partial charge in [0.25, 0.3) is 0 Å². The van der Waals surface area contributed by atoms with Crippen LogP contribution < -0.4 is 5.32 Å². The largest absolute Gasteiger partial charge is 0.307 e. The summed E-state index contributed by atoms with van der Waals surface area (Å²) >= 11 is 0. The minimum atomic E-state index is 0.239. The molecule has 1 nitrogen and oxygen atoms in total. The molecule has 1 aliphatic rings. The summed E-state index contributed by atoms with van der Waals surface area (Å²) in [6, 6.07) is 10.2. The summed E-state index contributed by atoms with van der Waals surface area (Å²) < 4.78 is 0. The fraction of sp³-hybridized carbons (Fsp3) is 0.556. The van der Waals surface area contributed by atoms with Gasteiger partial charge in [-0.25, -0.2) is 0 Å². The van der Waals surface area contributed by atoms with Crippen molar-refractivity contribution in [3.8, 4) is 0 Å². The molecular weight excluding hydrogens is 230 g/mol. The van der Waals surface area contributed by atoms with E-state index in [1.165, 1.54) is 30.4 Å². The van der Waals surface area contributed by atoms with Gasteiger partial charge in [-0.15, -0.1) is 0 Å². The monoisotopic (exact) mass is 257 g/mol. The third-order valence-corrected chi connectivity index (χ3v) is 4.03. The van der Waals surface area contributed by atoms with Crippen LogP contribution in [0.25, 0.3) is 0 Å². The summed E-state index contributed by atoms with van der Waals surface area (Å²) in [5, 5.41) is 3.74. The van der Waals surface area contributed by atoms with Crippen molar-refractivity contribution in [3.63, 3.8) is 0 Å². The third-order valence-electron chi connectivity index (χ3n) is 4.03. The first-order valence-electron chi connectivity index (χ1n) is 7.48. The molecular formula is C18H27N. The maximum atomic E-state index is 3.74. The van der Waals surface area contributed by atoms with Gasteiger partial charge in [0.2, 0.25) is 0 Å². The van der Waals surface area contributed by atoms with E-state index in [0.29, 0.717) is 12.1 Å². The molecule has 0 bridgehead atoms. The van der Waals surface area contributed by atoms with Gasteiger partial charge in [-0.05, 0) is 42.7 Å². The maximum Gasteiger partial charge on any atom is 0.0294 e. The molecule has 0 amide bonds. The number of nitrogens with one attached hydrogen (secondary N) is 1. The summed E-state index contributed by atoms with van der Waals surface area (Å²) in [5.74, 6) is 0. The van der Waals surface area contributed by atoms with Gasteiger partial charge < -0.3 is 5.32 Å². The SMILES string of the molecule is CC(NC1CC=CCC1)c1ccc(C(C)(C)C)cc1. The molecule has 1 heteroatoms. The highest BCUT2D eigenvalue weighted by atomic mass is 14.9. The molecule has 104 valence electrons. The average Bonchev–Trinajstić information content (AvgIpc) is 2.39. The van der Waals surface area contributed by atoms with E-state index in [1.54, 1.807) is 0 Å². The van der Waals surface area contributed by atoms with E-state index < -0.39 is 0 Å². The van der Waals surface area contributed by atoms with Crippen LogP contribution in [0.2, 0.25) is 0 Å². The summed E-state index contributed by atoms with van der Waals surface area (Å²) in [6.07, 6.45) is 8.25. The summed E-state index contributed by atoms with van der Waals surface area (Å²) in [4.78, 5) is 0. The molecule has 2 atom stereocenters. The molecule has 0 spiro atoms. The number of allylic oxidation sites excluding steroid dienone is 1. The van der Waals surface area contributed by atoms with Crippen molar-refractivity contribution in [1.29, 1.82) is 0 Å². The summed E-state index contributed by atoms with van der Waals surface area (Å²) in [7, 11) is 0. The van der Waals surface area contributed by atoms with Crippen molar-refractivity contribution in [2.75, 3.05) is 0 Å². The van der Waals surface area contributed by atoms with Crippen molar-refractivity contribution in [2.24, 2.45) is 0 Å². The predicted octanol–water partition coefficient (Wildman–Crippen LogP) is 4.74. The highest BCUT2D eigenvalue weighted by Gasteiger charge is 2.16. The fourth-order valence-corrected chi connectivity index (χ4v) is 2.67. The Morgan fingerprint density at radius 2 is 1.79 bits per heavy atom. The van der Waals surface area contributed by atoms with E-state index in [1.807, 2.05) is 0 Å². The first-order valence-corrected chi connectivity index (χ1v) is 7.48. The fourth-order valence-electron chi connectivity index (χ4n) is 2.67. The second-order valence-electron chi connectivity index (χ2n) is 6.74. The molecule has 19 heavy (non-hydrogen) atoms. The number of hydrogen-bond acceptors (Lipinski definition) is 1. The van der Waals surface area contributed by atoms with E-state index in [4.69, 9.17) is 0 Å². The normalized spacial score (nSPS) is 21.4. The zero-order valence-electron chi connectivity index (χ0n) is 12.7. The molecule has 0 aromatic heterocycles. The second kappa shape index (κ2) is 5.92. The van der Waals surface area contributed by atoms with Gasteiger partial charge in [-0.2, -0.15) is 0 Å². The topological polar surface area (TPSA) is 12.0 Å². The Labute approximate surface area is 118 Å². The number of rotatable bonds is 3. The summed E-state index contributed by atoms with van der Waals surface area (Å²) in [6.45, 7) is 9.05. The van der Waals surface area contributed by atoms with Gasteiger partial charge in [0, 0.05) is 12.1 Å². The zero-order chi connectivity index (χ0) is 13.9. The molecule has 0 heterocycles. The molecule has 0 saturated heterocycles. The van der Waals surface area contributed by atoms with Crippen LogP contribution in [0.1, 0.15) is 64.1 Å². The van der Waals surface area contributed by atoms with Crippen LogP contribution in [0.15, 0.2) is 36.4 Å². The lowest BCUT2D eigenvalue weighted by Crippen LogP contribution is -2.32. The maximum absolute atomic E-state index is 3.74. The molecule has 0 fully saturated rings. The molecule has 1 aliphatic carbocycles. The highest BCUT2D eigenvalue weighted by Crippen LogP contribution is 2.24. The van der Waals surface area contributed by atoms with Crippen LogP contribution in [0.3, 0.4) is 0 Å². The molecule has 2 unspecified atom stereocenters. The molecule has 0 aliphatic heterocycles. The van der Waals surface area contributed by atoms with Crippen LogP contribution in [-0.4, -0.2) is 6.04 Å². The van der Waals surface area contributed by atoms with E-state index in [9.17, 15) is 0 Å². The van der Waals surface area contributed by atoms with Gasteiger partial charge in [0.05, 0.1) is 0 Å². The lowest BCUT2D eigenvalue weighted by molar-refractivity contribution is 0.426. The van der Waals surface area contributed by atoms with Gasteiger partial charge in [0.1, 0.15) is 0 Å². The van der Waals surface area contributed by atoms with Gasteiger partial charge in [-0.3, -0.25) is 0 Å². The van der Waals surface area contributed by atoms with E-state index in [2.05, 4.69) is 69.4 Å². The molecule has 0 radical (unpaired) electrons. The molecule has 1 N–H and O–H groups in total. The Morgan fingerprint density at radius 1 is 1.11 bits per heavy atom. The van der Waals surface area contributed by atoms with E-state index in [0.717, 1.165) is 0 Å². The molecule has 2 rings (SSSR count). The quantitative estimate of drug-likeness (QED) is 0.771. The minimum Gasteiger partial charge on any atom is -0.307 e. The van der Waals surface area contributed by atoms with Crippen LogP contribution >= 0.6 is 0 Å². The van der Waals surface area contributed by atoms with Crippen molar-refractivity contribution >= 4 is 0 Å². The Morgan fingerprint density at radius 3 is 2.32 bits per heavy atom. The number of hydrogen-bond donors (Lipinski definition) is 1. The van der Waals surface area contributed by atoms with Crippen molar-refractivity contribution in [3.05, 3.63) is 47.5 Å². The molecule has 1 aromatic rings. The smallest absolute Gasteiger partial charge is 0.0294 e. The van der Waals surface area contributed by atoms with Crippen molar-refractivity contribution in [1.82, 2.24) is 5.32 Å². The lowest BCUT2D eigenvalue weighted by Gasteiger charge is -2.25. The predicted molar refractivity (Wildman–Crippen MR) is 83.5 cm³/mol. The molecule has 0 saturated carbocycles. The lowest BCUT2D eigenvalue weighted by atomic mass is 9.86. The van der Waals surface area contributed by atoms with Crippen LogP contribution in [0, 0.1) is 0 Å². The third kappa shape index (κ3) is 3.94. The van der Waals surface area contributed by atoms with Crippen molar-refractivity contribution in [2.45, 2.75) is 64.5 Å². The average molecular weight is 257 g/mol. The Balaban J connectivity index is 1.99. The zero-order valence-corrected chi connectivity index (χ0v) is 12.7.